The SMILES string of the molecule is CC1(C(N)=O)CCC(n2c(Nc3c(F)cc(Cl)cc3F)nc3cnc(N[C@H]4CC[C@H](O)C4)nc32)CC1. The Morgan fingerprint density at radius 3 is 2.50 bits per heavy atom. The summed E-state index contributed by atoms with van der Waals surface area (Å²) in [5.74, 6) is -1.45. The molecule has 1 aromatic carbocycles. The number of carbonyl (C=O) groups is 1. The Balaban J connectivity index is 1.53. The van der Waals surface area contributed by atoms with Crippen LogP contribution in [0, 0.1) is 17.0 Å². The van der Waals surface area contributed by atoms with Crippen molar-refractivity contribution in [2.75, 3.05) is 10.6 Å². The number of imidazole rings is 1. The average Bonchev–Trinajstić information content (AvgIpc) is 3.39. The molecule has 0 bridgehead atoms. The number of halogens is 3. The largest absolute Gasteiger partial charge is 0.393 e. The second kappa shape index (κ2) is 9.44. The zero-order chi connectivity index (χ0) is 25.6. The van der Waals surface area contributed by atoms with E-state index in [2.05, 4.69) is 25.6 Å². The molecule has 2 aliphatic carbocycles. The zero-order valence-corrected chi connectivity index (χ0v) is 20.5. The number of nitrogens with zero attached hydrogens (tertiary/aromatic N) is 4. The number of rotatable bonds is 6. The standard InChI is InChI=1S/C24H28ClF2N7O2/c1-24(21(28)36)6-4-14(5-7-24)34-20-18(11-29-22(33-20)30-13-2-3-15(35)10-13)31-23(34)32-19-16(26)8-12(25)9-17(19)27/h8-9,11,13-15,35H,2-7,10H2,1H3,(H2,28,36)(H,31,32)(H,29,30,33)/t13-,14?,15-,24?/m0/s1. The number of hydrogen-bond donors (Lipinski definition) is 4. The van der Waals surface area contributed by atoms with Gasteiger partial charge in [-0.15, -0.1) is 0 Å². The smallest absolute Gasteiger partial charge is 0.224 e. The molecule has 0 radical (unpaired) electrons. The Hall–Kier alpha value is -3.05. The third-order valence-electron chi connectivity index (χ3n) is 7.43. The van der Waals surface area contributed by atoms with Gasteiger partial charge in [0.2, 0.25) is 17.8 Å². The molecule has 36 heavy (non-hydrogen) atoms. The molecular formula is C24H28ClF2N7O2. The number of benzene rings is 1. The lowest BCUT2D eigenvalue weighted by Crippen LogP contribution is -2.38. The summed E-state index contributed by atoms with van der Waals surface area (Å²) >= 11 is 5.78. The van der Waals surface area contributed by atoms with Gasteiger partial charge in [0.15, 0.2) is 17.3 Å². The summed E-state index contributed by atoms with van der Waals surface area (Å²) in [7, 11) is 0. The van der Waals surface area contributed by atoms with Crippen LogP contribution in [0.15, 0.2) is 18.3 Å². The number of anilines is 3. The topological polar surface area (TPSA) is 131 Å². The molecule has 5 rings (SSSR count). The fourth-order valence-corrected chi connectivity index (χ4v) is 5.38. The van der Waals surface area contributed by atoms with E-state index < -0.39 is 17.0 Å². The second-order valence-electron chi connectivity index (χ2n) is 10.0. The van der Waals surface area contributed by atoms with Gasteiger partial charge < -0.3 is 21.5 Å². The van der Waals surface area contributed by atoms with Crippen molar-refractivity contribution in [3.8, 4) is 0 Å². The Morgan fingerprint density at radius 2 is 1.89 bits per heavy atom. The fourth-order valence-electron chi connectivity index (χ4n) is 5.18. The molecule has 0 spiro atoms. The van der Waals surface area contributed by atoms with Crippen LogP contribution in [0.5, 0.6) is 0 Å². The van der Waals surface area contributed by atoms with Gasteiger partial charge in [-0.1, -0.05) is 18.5 Å². The van der Waals surface area contributed by atoms with Crippen molar-refractivity contribution in [1.29, 1.82) is 0 Å². The maximum atomic E-state index is 14.6. The van der Waals surface area contributed by atoms with Crippen molar-refractivity contribution in [1.82, 2.24) is 19.5 Å². The van der Waals surface area contributed by atoms with Crippen LogP contribution in [0.4, 0.5) is 26.4 Å². The van der Waals surface area contributed by atoms with Crippen LogP contribution >= 0.6 is 11.6 Å². The Labute approximate surface area is 211 Å². The molecule has 2 atom stereocenters. The van der Waals surface area contributed by atoms with Crippen molar-refractivity contribution in [3.63, 3.8) is 0 Å². The molecule has 3 aromatic rings. The summed E-state index contributed by atoms with van der Waals surface area (Å²) in [6, 6.07) is 1.96. The zero-order valence-electron chi connectivity index (χ0n) is 19.8. The monoisotopic (exact) mass is 519 g/mol. The summed E-state index contributed by atoms with van der Waals surface area (Å²) in [6.07, 6.45) is 5.67. The highest BCUT2D eigenvalue weighted by atomic mass is 35.5. The van der Waals surface area contributed by atoms with Gasteiger partial charge in [-0.3, -0.25) is 9.36 Å². The first-order valence-electron chi connectivity index (χ1n) is 12.0. The first-order valence-corrected chi connectivity index (χ1v) is 12.4. The van der Waals surface area contributed by atoms with Crippen LogP contribution in [0.2, 0.25) is 5.02 Å². The lowest BCUT2D eigenvalue weighted by molar-refractivity contribution is -0.128. The Kier molecular flexibility index (Phi) is 6.46. The Bertz CT molecular complexity index is 1290. The van der Waals surface area contributed by atoms with Gasteiger partial charge in [0.05, 0.1) is 12.3 Å². The van der Waals surface area contributed by atoms with Crippen molar-refractivity contribution in [3.05, 3.63) is 35.0 Å². The van der Waals surface area contributed by atoms with Gasteiger partial charge in [0.25, 0.3) is 0 Å². The molecule has 2 saturated carbocycles. The molecular weight excluding hydrogens is 492 g/mol. The molecule has 0 aliphatic heterocycles. The van der Waals surface area contributed by atoms with Gasteiger partial charge in [0.1, 0.15) is 11.2 Å². The van der Waals surface area contributed by atoms with Crippen LogP contribution < -0.4 is 16.4 Å². The maximum Gasteiger partial charge on any atom is 0.224 e. The highest BCUT2D eigenvalue weighted by Gasteiger charge is 2.38. The third-order valence-corrected chi connectivity index (χ3v) is 7.65. The minimum atomic E-state index is -0.850. The number of primary amides is 1. The minimum Gasteiger partial charge on any atom is -0.393 e. The molecule has 2 aromatic heterocycles. The molecule has 12 heteroatoms. The quantitative estimate of drug-likeness (QED) is 0.379. The highest BCUT2D eigenvalue weighted by molar-refractivity contribution is 6.30. The van der Waals surface area contributed by atoms with E-state index in [0.717, 1.165) is 18.6 Å². The van der Waals surface area contributed by atoms with Crippen molar-refractivity contribution >= 4 is 46.3 Å². The van der Waals surface area contributed by atoms with Crippen molar-refractivity contribution in [2.45, 2.75) is 70.1 Å². The lowest BCUT2D eigenvalue weighted by atomic mass is 9.73. The van der Waals surface area contributed by atoms with Gasteiger partial charge in [0, 0.05) is 22.5 Å². The minimum absolute atomic E-state index is 0.0506. The van der Waals surface area contributed by atoms with E-state index in [1.54, 1.807) is 6.20 Å². The number of aromatic nitrogens is 4. The van der Waals surface area contributed by atoms with Crippen molar-refractivity contribution < 1.29 is 18.7 Å². The van der Waals surface area contributed by atoms with E-state index in [1.807, 2.05) is 11.5 Å². The molecule has 2 fully saturated rings. The number of aliphatic hydroxyl groups excluding tert-OH is 1. The van der Waals surface area contributed by atoms with E-state index >= 15 is 0 Å². The summed E-state index contributed by atoms with van der Waals surface area (Å²) < 4.78 is 31.0. The van der Waals surface area contributed by atoms with Crippen LogP contribution in [-0.2, 0) is 4.79 Å². The second-order valence-corrected chi connectivity index (χ2v) is 10.5. The van der Waals surface area contributed by atoms with E-state index in [1.165, 1.54) is 0 Å². The van der Waals surface area contributed by atoms with Gasteiger partial charge in [-0.05, 0) is 57.1 Å². The summed E-state index contributed by atoms with van der Waals surface area (Å²) in [5.41, 5.74) is 5.59. The molecule has 2 heterocycles. The highest BCUT2D eigenvalue weighted by Crippen LogP contribution is 2.43. The van der Waals surface area contributed by atoms with Crippen molar-refractivity contribution in [2.24, 2.45) is 11.1 Å². The number of hydrogen-bond acceptors (Lipinski definition) is 7. The predicted molar refractivity (Wildman–Crippen MR) is 132 cm³/mol. The maximum absolute atomic E-state index is 14.6. The van der Waals surface area contributed by atoms with E-state index in [9.17, 15) is 18.7 Å². The Morgan fingerprint density at radius 1 is 1.19 bits per heavy atom. The normalized spacial score (nSPS) is 26.3. The van der Waals surface area contributed by atoms with Gasteiger partial charge >= 0.3 is 0 Å². The number of amides is 1. The van der Waals surface area contributed by atoms with Gasteiger partial charge in [-0.2, -0.15) is 4.98 Å². The average molecular weight is 520 g/mol. The van der Waals surface area contributed by atoms with Crippen LogP contribution in [-0.4, -0.2) is 42.7 Å². The number of fused-ring (bicyclic) bond motifs is 1. The molecule has 9 nitrogen and oxygen atoms in total. The van der Waals surface area contributed by atoms with Crippen LogP contribution in [0.3, 0.4) is 0 Å². The summed E-state index contributed by atoms with van der Waals surface area (Å²) in [4.78, 5) is 25.6. The fraction of sp³-hybridized carbons (Fsp3) is 0.500. The summed E-state index contributed by atoms with van der Waals surface area (Å²) in [5, 5.41) is 15.9. The first kappa shape index (κ1) is 24.6. The van der Waals surface area contributed by atoms with Crippen LogP contribution in [0.1, 0.15) is 57.9 Å². The van der Waals surface area contributed by atoms with Crippen LogP contribution in [0.25, 0.3) is 11.2 Å². The predicted octanol–water partition coefficient (Wildman–Crippen LogP) is 4.43. The molecule has 192 valence electrons. The molecule has 2 aliphatic rings. The molecule has 5 N–H and O–H groups in total. The molecule has 0 unspecified atom stereocenters. The van der Waals surface area contributed by atoms with E-state index in [4.69, 9.17) is 17.3 Å². The summed E-state index contributed by atoms with van der Waals surface area (Å²) in [6.45, 7) is 1.86. The molecule has 1 amide bonds. The van der Waals surface area contributed by atoms with E-state index in [-0.39, 0.29) is 40.8 Å². The van der Waals surface area contributed by atoms with E-state index in [0.29, 0.717) is 55.6 Å². The lowest BCUT2D eigenvalue weighted by Gasteiger charge is -2.35. The molecule has 0 saturated heterocycles. The number of nitrogens with two attached hydrogens (primary N) is 1. The third kappa shape index (κ3) is 4.69. The number of aliphatic hydroxyl groups is 1. The first-order chi connectivity index (χ1) is 17.1. The van der Waals surface area contributed by atoms with Gasteiger partial charge in [-0.25, -0.2) is 18.7 Å². The number of carbonyl (C=O) groups excluding carboxylic acids is 1. The number of nitrogens with one attached hydrogen (secondary N) is 2.